The number of hydrogen-bond donors (Lipinski definition) is 2. The van der Waals surface area contributed by atoms with Gasteiger partial charge in [0.05, 0.1) is 10.9 Å². The number of rotatable bonds is 6. The molecule has 2 aromatic carbocycles. The number of benzene rings is 2. The Morgan fingerprint density at radius 3 is 2.89 bits per heavy atom. The van der Waals surface area contributed by atoms with E-state index in [1.807, 2.05) is 6.92 Å². The fourth-order valence-electron chi connectivity index (χ4n) is 8.22. The molecule has 230 valence electrons. The first-order chi connectivity index (χ1) is 21.3. The normalized spacial score (nSPS) is 26.6. The highest BCUT2D eigenvalue weighted by molar-refractivity contribution is 6.01. The van der Waals surface area contributed by atoms with Crippen LogP contribution in [0.15, 0.2) is 30.5 Å². The van der Waals surface area contributed by atoms with E-state index in [0.717, 1.165) is 45.4 Å². The van der Waals surface area contributed by atoms with E-state index in [1.54, 1.807) is 12.3 Å². The van der Waals surface area contributed by atoms with Crippen LogP contribution in [0, 0.1) is 17.6 Å². The second kappa shape index (κ2) is 10.4. The molecule has 4 atom stereocenters. The summed E-state index contributed by atoms with van der Waals surface area (Å²) in [6.07, 6.45) is 4.32. The van der Waals surface area contributed by atoms with Crippen molar-refractivity contribution in [3.63, 3.8) is 0 Å². The van der Waals surface area contributed by atoms with Gasteiger partial charge in [0.1, 0.15) is 41.4 Å². The van der Waals surface area contributed by atoms with E-state index < -0.39 is 23.3 Å². The number of nitrogens with one attached hydrogen (secondary N) is 1. The molecule has 6 heterocycles. The lowest BCUT2D eigenvalue weighted by atomic mass is 9.94. The van der Waals surface area contributed by atoms with E-state index in [2.05, 4.69) is 25.1 Å². The fraction of sp³-hybridized carbons (Fsp3) is 0.485. The number of halogens is 3. The quantitative estimate of drug-likeness (QED) is 0.313. The zero-order chi connectivity index (χ0) is 30.2. The first-order valence-electron chi connectivity index (χ1n) is 15.6. The first kappa shape index (κ1) is 27.8. The van der Waals surface area contributed by atoms with Crippen molar-refractivity contribution in [2.75, 3.05) is 44.2 Å². The molecule has 0 saturated carbocycles. The van der Waals surface area contributed by atoms with Crippen molar-refractivity contribution in [3.05, 3.63) is 47.7 Å². The zero-order valence-corrected chi connectivity index (χ0v) is 24.6. The summed E-state index contributed by atoms with van der Waals surface area (Å²) >= 11 is 0. The van der Waals surface area contributed by atoms with Gasteiger partial charge >= 0.3 is 6.01 Å². The van der Waals surface area contributed by atoms with Crippen LogP contribution in [0.5, 0.6) is 11.8 Å². The van der Waals surface area contributed by atoms with Crippen LogP contribution >= 0.6 is 0 Å². The number of aryl methyl sites for hydroxylation is 1. The molecule has 0 amide bonds. The molecule has 4 aromatic rings. The Morgan fingerprint density at radius 1 is 1.16 bits per heavy atom. The summed E-state index contributed by atoms with van der Waals surface area (Å²) < 4.78 is 52.4. The number of aromatic hydroxyl groups is 1. The van der Waals surface area contributed by atoms with E-state index in [1.165, 1.54) is 18.2 Å². The van der Waals surface area contributed by atoms with Gasteiger partial charge in [-0.05, 0) is 79.2 Å². The number of pyridine rings is 1. The predicted octanol–water partition coefficient (Wildman–Crippen LogP) is 5.14. The second-order valence-electron chi connectivity index (χ2n) is 12.9. The number of phenolic OH excluding ortho intramolecular Hbond substituents is 1. The number of fused-ring (bicyclic) bond motifs is 4. The minimum atomic E-state index is -0.899. The van der Waals surface area contributed by atoms with Crippen molar-refractivity contribution in [2.45, 2.75) is 56.8 Å². The molecule has 0 bridgehead atoms. The van der Waals surface area contributed by atoms with Crippen molar-refractivity contribution >= 4 is 27.5 Å². The average molecular weight is 605 g/mol. The highest BCUT2D eigenvalue weighted by Gasteiger charge is 2.49. The topological polar surface area (TPSA) is 86.6 Å². The Bertz CT molecular complexity index is 1780. The number of alkyl halides is 1. The Labute approximate surface area is 253 Å². The summed E-state index contributed by atoms with van der Waals surface area (Å²) in [5, 5.41) is 15.6. The highest BCUT2D eigenvalue weighted by Crippen LogP contribution is 2.42. The molecule has 4 aliphatic heterocycles. The predicted molar refractivity (Wildman–Crippen MR) is 162 cm³/mol. The van der Waals surface area contributed by atoms with E-state index in [9.17, 15) is 13.9 Å². The highest BCUT2D eigenvalue weighted by atomic mass is 19.1. The zero-order valence-electron chi connectivity index (χ0n) is 24.6. The Morgan fingerprint density at radius 2 is 2.05 bits per heavy atom. The minimum absolute atomic E-state index is 0.0362. The average Bonchev–Trinajstić information content (AvgIpc) is 3.77. The van der Waals surface area contributed by atoms with Gasteiger partial charge in [-0.25, -0.2) is 13.2 Å². The lowest BCUT2D eigenvalue weighted by Crippen LogP contribution is -2.43. The third-order valence-corrected chi connectivity index (χ3v) is 10.3. The third-order valence-electron chi connectivity index (χ3n) is 10.3. The Balaban J connectivity index is 1.26. The number of anilines is 1. The molecule has 4 saturated heterocycles. The summed E-state index contributed by atoms with van der Waals surface area (Å²) in [7, 11) is 0. The van der Waals surface area contributed by atoms with Crippen LogP contribution in [-0.2, 0) is 6.42 Å². The monoisotopic (exact) mass is 604 g/mol. The van der Waals surface area contributed by atoms with E-state index in [4.69, 9.17) is 9.72 Å². The fourth-order valence-corrected chi connectivity index (χ4v) is 8.22. The standard InChI is InChI=1S/C33H35F3N6O2/c1-2-22-25(35)5-4-18-10-21(43)11-23(27(18)22)29-28(36)30-24(13-38-29)31(41-14-19-6-8-37-26(19)16-41)40-32(39-30)44-17-33-7-3-9-42(33)15-20(34)12-33/h4-5,10-11,13,19-20,26,37,43H,2-3,6-9,12,14-17H2,1H3/t19?,20-,26?,33+/m1/s1. The molecule has 4 fully saturated rings. The summed E-state index contributed by atoms with van der Waals surface area (Å²) in [6.45, 7) is 5.76. The van der Waals surface area contributed by atoms with Gasteiger partial charge in [0.25, 0.3) is 0 Å². The molecule has 11 heteroatoms. The molecule has 2 N–H and O–H groups in total. The van der Waals surface area contributed by atoms with Gasteiger partial charge in [-0.1, -0.05) is 13.0 Å². The maximum absolute atomic E-state index is 16.8. The third kappa shape index (κ3) is 4.38. The van der Waals surface area contributed by atoms with E-state index in [0.29, 0.717) is 64.4 Å². The maximum atomic E-state index is 16.8. The number of hydrogen-bond acceptors (Lipinski definition) is 8. The van der Waals surface area contributed by atoms with Gasteiger partial charge in [-0.15, -0.1) is 0 Å². The molecular weight excluding hydrogens is 569 g/mol. The first-order valence-corrected chi connectivity index (χ1v) is 15.6. The number of phenols is 1. The lowest BCUT2D eigenvalue weighted by Gasteiger charge is -2.31. The van der Waals surface area contributed by atoms with Gasteiger partial charge in [0.15, 0.2) is 5.82 Å². The SMILES string of the molecule is CCc1c(F)ccc2cc(O)cc(-c3ncc4c(N5CC6CCNC6C5)nc(OC[C@@]56CCCN5C[C@H](F)C6)nc4c3F)c12. The summed E-state index contributed by atoms with van der Waals surface area (Å²) in [5.74, 6) is -0.153. The molecule has 8 nitrogen and oxygen atoms in total. The van der Waals surface area contributed by atoms with Crippen molar-refractivity contribution in [3.8, 4) is 23.0 Å². The minimum Gasteiger partial charge on any atom is -0.508 e. The molecule has 2 unspecified atom stereocenters. The van der Waals surface area contributed by atoms with Crippen molar-refractivity contribution in [1.82, 2.24) is 25.2 Å². The van der Waals surface area contributed by atoms with Crippen molar-refractivity contribution < 1.29 is 23.0 Å². The molecule has 0 aliphatic carbocycles. The smallest absolute Gasteiger partial charge is 0.319 e. The number of ether oxygens (including phenoxy) is 1. The van der Waals surface area contributed by atoms with Crippen LogP contribution in [0.1, 0.15) is 38.2 Å². The largest absolute Gasteiger partial charge is 0.508 e. The maximum Gasteiger partial charge on any atom is 0.319 e. The van der Waals surface area contributed by atoms with Crippen LogP contribution in [0.4, 0.5) is 19.0 Å². The number of aromatic nitrogens is 3. The summed E-state index contributed by atoms with van der Waals surface area (Å²) in [5.41, 5.74) is 0.312. The van der Waals surface area contributed by atoms with Crippen molar-refractivity contribution in [1.29, 1.82) is 0 Å². The lowest BCUT2D eigenvalue weighted by molar-refractivity contribution is 0.107. The molecule has 0 spiro atoms. The van der Waals surface area contributed by atoms with Crippen LogP contribution in [-0.4, -0.2) is 82.0 Å². The molecular formula is C33H35F3N6O2. The summed E-state index contributed by atoms with van der Waals surface area (Å²) in [4.78, 5) is 18.2. The van der Waals surface area contributed by atoms with Gasteiger partial charge in [-0.2, -0.15) is 9.97 Å². The van der Waals surface area contributed by atoms with Crippen LogP contribution < -0.4 is 15.0 Å². The van der Waals surface area contributed by atoms with Gasteiger partial charge in [0.2, 0.25) is 0 Å². The van der Waals surface area contributed by atoms with E-state index in [-0.39, 0.29) is 29.6 Å². The molecule has 2 aromatic heterocycles. The Hall–Kier alpha value is -3.70. The summed E-state index contributed by atoms with van der Waals surface area (Å²) in [6, 6.07) is 6.27. The molecule has 44 heavy (non-hydrogen) atoms. The number of nitrogens with zero attached hydrogens (tertiary/aromatic N) is 5. The van der Waals surface area contributed by atoms with Gasteiger partial charge in [-0.3, -0.25) is 9.88 Å². The van der Waals surface area contributed by atoms with Crippen LogP contribution in [0.3, 0.4) is 0 Å². The van der Waals surface area contributed by atoms with Crippen LogP contribution in [0.25, 0.3) is 32.9 Å². The van der Waals surface area contributed by atoms with Crippen LogP contribution in [0.2, 0.25) is 0 Å². The van der Waals surface area contributed by atoms with Gasteiger partial charge < -0.3 is 20.1 Å². The molecule has 0 radical (unpaired) electrons. The van der Waals surface area contributed by atoms with Crippen molar-refractivity contribution in [2.24, 2.45) is 5.92 Å². The Kier molecular flexibility index (Phi) is 6.60. The van der Waals surface area contributed by atoms with E-state index >= 15 is 4.39 Å². The molecule has 4 aliphatic rings. The second-order valence-corrected chi connectivity index (χ2v) is 12.9. The van der Waals surface area contributed by atoms with Gasteiger partial charge in [0, 0.05) is 43.9 Å². The molecule has 8 rings (SSSR count).